The van der Waals surface area contributed by atoms with Crippen LogP contribution in [0.3, 0.4) is 0 Å². The van der Waals surface area contributed by atoms with Gasteiger partial charge in [-0.3, -0.25) is 0 Å². The van der Waals surface area contributed by atoms with E-state index in [0.717, 1.165) is 17.7 Å². The van der Waals surface area contributed by atoms with Gasteiger partial charge in [0.2, 0.25) is 0 Å². The van der Waals surface area contributed by atoms with E-state index in [4.69, 9.17) is 4.74 Å². The lowest BCUT2D eigenvalue weighted by atomic mass is 10.0. The predicted molar refractivity (Wildman–Crippen MR) is 68.1 cm³/mol. The van der Waals surface area contributed by atoms with Crippen LogP contribution in [0.5, 0.6) is 5.75 Å². The van der Waals surface area contributed by atoms with Gasteiger partial charge in [0.25, 0.3) is 0 Å². The first-order valence-corrected chi connectivity index (χ1v) is 6.88. The minimum absolute atomic E-state index is 0.330. The Labute approximate surface area is 101 Å². The molecule has 1 aromatic carbocycles. The summed E-state index contributed by atoms with van der Waals surface area (Å²) in [6, 6.07) is 7.80. The molecule has 2 nitrogen and oxygen atoms in total. The van der Waals surface area contributed by atoms with Gasteiger partial charge in [0.15, 0.2) is 0 Å². The highest BCUT2D eigenvalue weighted by molar-refractivity contribution is 8.00. The quantitative estimate of drug-likeness (QED) is 0.874. The van der Waals surface area contributed by atoms with E-state index in [0.29, 0.717) is 11.9 Å². The average Bonchev–Trinajstić information content (AvgIpc) is 2.83. The first kappa shape index (κ1) is 11.8. The van der Waals surface area contributed by atoms with Crippen molar-refractivity contribution < 1.29 is 9.84 Å². The second-order valence-electron chi connectivity index (χ2n) is 4.00. The molecule has 0 radical (unpaired) electrons. The Morgan fingerprint density at radius 2 is 2.19 bits per heavy atom. The van der Waals surface area contributed by atoms with E-state index < -0.39 is 0 Å². The van der Waals surface area contributed by atoms with Gasteiger partial charge in [-0.05, 0) is 43.2 Å². The normalized spacial score (nSPS) is 22.0. The Morgan fingerprint density at radius 3 is 2.75 bits per heavy atom. The second-order valence-corrected chi connectivity index (χ2v) is 5.35. The lowest BCUT2D eigenvalue weighted by Gasteiger charge is -2.17. The monoisotopic (exact) mass is 238 g/mol. The molecule has 2 atom stereocenters. The van der Waals surface area contributed by atoms with Gasteiger partial charge < -0.3 is 9.84 Å². The molecule has 16 heavy (non-hydrogen) atoms. The molecule has 0 bridgehead atoms. The maximum Gasteiger partial charge on any atom is 0.119 e. The lowest BCUT2D eigenvalue weighted by Crippen LogP contribution is -2.11. The van der Waals surface area contributed by atoms with Crippen LogP contribution in [0.2, 0.25) is 0 Å². The highest BCUT2D eigenvalue weighted by Crippen LogP contribution is 2.36. The molecule has 1 aliphatic heterocycles. The third-order valence-corrected chi connectivity index (χ3v) is 4.30. The Hall–Kier alpha value is -0.670. The van der Waals surface area contributed by atoms with Gasteiger partial charge in [0.05, 0.1) is 12.7 Å². The van der Waals surface area contributed by atoms with Gasteiger partial charge in [0, 0.05) is 5.25 Å². The van der Waals surface area contributed by atoms with Crippen LogP contribution in [0.4, 0.5) is 0 Å². The van der Waals surface area contributed by atoms with E-state index in [-0.39, 0.29) is 6.10 Å². The zero-order valence-corrected chi connectivity index (χ0v) is 10.4. The summed E-state index contributed by atoms with van der Waals surface area (Å²) in [5.74, 6) is 2.05. The fourth-order valence-corrected chi connectivity index (χ4v) is 3.30. The van der Waals surface area contributed by atoms with Crippen molar-refractivity contribution in [1.82, 2.24) is 0 Å². The van der Waals surface area contributed by atoms with Crippen LogP contribution in [-0.2, 0) is 0 Å². The molecular weight excluding hydrogens is 220 g/mol. The van der Waals surface area contributed by atoms with Crippen molar-refractivity contribution in [2.45, 2.75) is 31.1 Å². The number of hydrogen-bond acceptors (Lipinski definition) is 3. The summed E-state index contributed by atoms with van der Waals surface area (Å²) in [6.45, 7) is 2.65. The molecule has 3 heteroatoms. The smallest absolute Gasteiger partial charge is 0.119 e. The maximum atomic E-state index is 10.2. The lowest BCUT2D eigenvalue weighted by molar-refractivity contribution is 0.173. The second kappa shape index (κ2) is 5.60. The standard InChI is InChI=1S/C13H18O2S/c1-2-15-11-7-5-10(6-8-11)13(14)12-4-3-9-16-12/h5-8,12-14H,2-4,9H2,1H3. The van der Waals surface area contributed by atoms with Crippen LogP contribution >= 0.6 is 11.8 Å². The first-order valence-electron chi connectivity index (χ1n) is 5.83. The van der Waals surface area contributed by atoms with E-state index in [9.17, 15) is 5.11 Å². The summed E-state index contributed by atoms with van der Waals surface area (Å²) in [6.07, 6.45) is 2.02. The summed E-state index contributed by atoms with van der Waals surface area (Å²) in [5.41, 5.74) is 1.00. The van der Waals surface area contributed by atoms with Crippen molar-refractivity contribution in [3.63, 3.8) is 0 Å². The molecule has 0 spiro atoms. The van der Waals surface area contributed by atoms with Crippen LogP contribution in [-0.4, -0.2) is 22.7 Å². The van der Waals surface area contributed by atoms with Crippen molar-refractivity contribution >= 4 is 11.8 Å². The minimum atomic E-state index is -0.330. The molecule has 2 unspecified atom stereocenters. The fraction of sp³-hybridized carbons (Fsp3) is 0.538. The van der Waals surface area contributed by atoms with Crippen LogP contribution in [0.25, 0.3) is 0 Å². The maximum absolute atomic E-state index is 10.2. The Morgan fingerprint density at radius 1 is 1.44 bits per heavy atom. The van der Waals surface area contributed by atoms with E-state index in [1.165, 1.54) is 12.2 Å². The molecular formula is C13H18O2S. The van der Waals surface area contributed by atoms with Gasteiger partial charge in [-0.1, -0.05) is 12.1 Å². The number of thioether (sulfide) groups is 1. The molecule has 1 heterocycles. The average molecular weight is 238 g/mol. The Balaban J connectivity index is 2.02. The van der Waals surface area contributed by atoms with Crippen molar-refractivity contribution in [3.8, 4) is 5.75 Å². The zero-order chi connectivity index (χ0) is 11.4. The summed E-state index contributed by atoms with van der Waals surface area (Å²) in [7, 11) is 0. The molecule has 1 N–H and O–H groups in total. The molecule has 0 amide bonds. The first-order chi connectivity index (χ1) is 7.81. The summed E-state index contributed by atoms with van der Waals surface area (Å²) >= 11 is 1.88. The SMILES string of the molecule is CCOc1ccc(C(O)C2CCCS2)cc1. The zero-order valence-electron chi connectivity index (χ0n) is 9.56. The number of aliphatic hydroxyl groups excluding tert-OH is 1. The molecule has 0 aromatic heterocycles. The van der Waals surface area contributed by atoms with Gasteiger partial charge in [0.1, 0.15) is 5.75 Å². The predicted octanol–water partition coefficient (Wildman–Crippen LogP) is 3.01. The molecule has 0 aliphatic carbocycles. The Bertz CT molecular complexity index is 317. The molecule has 1 fully saturated rings. The van der Waals surface area contributed by atoms with Crippen molar-refractivity contribution in [3.05, 3.63) is 29.8 Å². The number of benzene rings is 1. The summed E-state index contributed by atoms with van der Waals surface area (Å²) < 4.78 is 5.38. The van der Waals surface area contributed by atoms with Gasteiger partial charge >= 0.3 is 0 Å². The highest BCUT2D eigenvalue weighted by atomic mass is 32.2. The molecule has 1 aromatic rings. The van der Waals surface area contributed by atoms with E-state index in [1.807, 2.05) is 43.0 Å². The van der Waals surface area contributed by atoms with E-state index in [1.54, 1.807) is 0 Å². The summed E-state index contributed by atoms with van der Waals surface area (Å²) in [4.78, 5) is 0. The van der Waals surface area contributed by atoms with E-state index >= 15 is 0 Å². The van der Waals surface area contributed by atoms with Gasteiger partial charge in [-0.25, -0.2) is 0 Å². The number of rotatable bonds is 4. The van der Waals surface area contributed by atoms with Crippen LogP contribution in [0.1, 0.15) is 31.4 Å². The minimum Gasteiger partial charge on any atom is -0.494 e. The number of aliphatic hydroxyl groups is 1. The van der Waals surface area contributed by atoms with Crippen molar-refractivity contribution in [1.29, 1.82) is 0 Å². The van der Waals surface area contributed by atoms with E-state index in [2.05, 4.69) is 0 Å². The molecule has 88 valence electrons. The molecule has 1 saturated heterocycles. The number of ether oxygens (including phenoxy) is 1. The molecule has 1 aliphatic rings. The fourth-order valence-electron chi connectivity index (χ4n) is 1.99. The third kappa shape index (κ3) is 2.71. The highest BCUT2D eigenvalue weighted by Gasteiger charge is 2.24. The van der Waals surface area contributed by atoms with Crippen molar-refractivity contribution in [2.24, 2.45) is 0 Å². The topological polar surface area (TPSA) is 29.5 Å². The summed E-state index contributed by atoms with van der Waals surface area (Å²) in [5, 5.41) is 10.6. The van der Waals surface area contributed by atoms with Crippen LogP contribution < -0.4 is 4.74 Å². The Kier molecular flexibility index (Phi) is 4.13. The molecule has 0 saturated carbocycles. The third-order valence-electron chi connectivity index (χ3n) is 2.85. The van der Waals surface area contributed by atoms with Crippen molar-refractivity contribution in [2.75, 3.05) is 12.4 Å². The van der Waals surface area contributed by atoms with Gasteiger partial charge in [-0.2, -0.15) is 11.8 Å². The van der Waals surface area contributed by atoms with Crippen LogP contribution in [0, 0.1) is 0 Å². The van der Waals surface area contributed by atoms with Crippen LogP contribution in [0.15, 0.2) is 24.3 Å². The largest absolute Gasteiger partial charge is 0.494 e. The molecule has 2 rings (SSSR count). The number of hydrogen-bond donors (Lipinski definition) is 1. The van der Waals surface area contributed by atoms with Gasteiger partial charge in [-0.15, -0.1) is 0 Å².